The quantitative estimate of drug-likeness (QED) is 0.172. The molecule has 232 valence electrons. The van der Waals surface area contributed by atoms with E-state index in [1.807, 2.05) is 36.0 Å². The highest BCUT2D eigenvalue weighted by molar-refractivity contribution is 7.85. The summed E-state index contributed by atoms with van der Waals surface area (Å²) >= 11 is 0. The van der Waals surface area contributed by atoms with Crippen LogP contribution in [0.2, 0.25) is 0 Å². The molecule has 0 aliphatic carbocycles. The number of benzene rings is 2. The fourth-order valence-corrected chi connectivity index (χ4v) is 6.24. The Morgan fingerprint density at radius 3 is 2.59 bits per heavy atom. The number of hydrogen-bond acceptors (Lipinski definition) is 9. The number of hydrogen-bond donors (Lipinski definition) is 3. The van der Waals surface area contributed by atoms with Crippen molar-refractivity contribution in [3.8, 4) is 17.0 Å². The average molecular weight is 620 g/mol. The largest absolute Gasteiger partial charge is 0.494 e. The van der Waals surface area contributed by atoms with E-state index < -0.39 is 15.9 Å². The molecule has 44 heavy (non-hydrogen) atoms. The molecule has 2 aromatic heterocycles. The number of methoxy groups -OCH3 is 1. The van der Waals surface area contributed by atoms with Gasteiger partial charge in [0, 0.05) is 61.1 Å². The summed E-state index contributed by atoms with van der Waals surface area (Å²) < 4.78 is 40.0. The molecule has 1 fully saturated rings. The number of carbonyl (C=O) groups is 1. The first-order valence-corrected chi connectivity index (χ1v) is 15.8. The van der Waals surface area contributed by atoms with E-state index in [1.165, 1.54) is 6.08 Å². The predicted molar refractivity (Wildman–Crippen MR) is 173 cm³/mol. The lowest BCUT2D eigenvalue weighted by Gasteiger charge is -2.37. The highest BCUT2D eigenvalue weighted by Crippen LogP contribution is 2.40. The van der Waals surface area contributed by atoms with Crippen molar-refractivity contribution in [1.29, 1.82) is 0 Å². The Hall–Kier alpha value is -4.46. The summed E-state index contributed by atoms with van der Waals surface area (Å²) in [6.45, 7) is 5.26. The summed E-state index contributed by atoms with van der Waals surface area (Å²) in [5.74, 6) is 0.0445. The second-order valence-corrected chi connectivity index (χ2v) is 12.5. The molecule has 0 radical (unpaired) electrons. The van der Waals surface area contributed by atoms with Crippen LogP contribution in [0.3, 0.4) is 0 Å². The number of anilines is 4. The van der Waals surface area contributed by atoms with Crippen LogP contribution in [0.4, 0.5) is 23.0 Å². The van der Waals surface area contributed by atoms with Crippen molar-refractivity contribution in [2.45, 2.75) is 24.6 Å². The van der Waals surface area contributed by atoms with Crippen LogP contribution in [-0.2, 0) is 27.7 Å². The highest BCUT2D eigenvalue weighted by Gasteiger charge is 2.24. The number of fused-ring (bicyclic) bond motifs is 1. The minimum atomic E-state index is -4.18. The second-order valence-electron chi connectivity index (χ2n) is 11.1. The number of piperidine rings is 1. The Balaban J connectivity index is 1.49. The van der Waals surface area contributed by atoms with Gasteiger partial charge in [-0.05, 0) is 62.8 Å². The van der Waals surface area contributed by atoms with Gasteiger partial charge in [0.15, 0.2) is 0 Å². The third kappa shape index (κ3) is 6.85. The molecule has 1 saturated heterocycles. The Morgan fingerprint density at radius 2 is 1.93 bits per heavy atom. The lowest BCUT2D eigenvalue weighted by Crippen LogP contribution is -2.42. The van der Waals surface area contributed by atoms with Crippen LogP contribution >= 0.6 is 0 Å². The molecular weight excluding hydrogens is 582 g/mol. The van der Waals surface area contributed by atoms with Crippen LogP contribution in [0.1, 0.15) is 18.4 Å². The summed E-state index contributed by atoms with van der Waals surface area (Å²) in [5, 5.41) is 6.97. The Labute approximate surface area is 257 Å². The summed E-state index contributed by atoms with van der Waals surface area (Å²) in [5.41, 5.74) is 4.74. The van der Waals surface area contributed by atoms with E-state index in [0.717, 1.165) is 48.1 Å². The van der Waals surface area contributed by atoms with Gasteiger partial charge in [-0.15, -0.1) is 0 Å². The molecule has 0 spiro atoms. The minimum absolute atomic E-state index is 0.299. The standard InChI is InChI=1S/C31H37N7O5S/c1-6-30(39)33-25-16-26(29(43-5)17-28(25)38-13-10-21(11-14-38)36(2)3)35-31-32-12-9-24(34-31)23-18-37(4)27-8-7-20(15-22(23)27)19-44(40,41)42/h6-9,12,15-18,21H,1,10-11,13-14,19H2,2-5H3,(H,33,39)(H,32,34,35)(H,40,41,42). The predicted octanol–water partition coefficient (Wildman–Crippen LogP) is 4.43. The fourth-order valence-electron chi connectivity index (χ4n) is 5.64. The van der Waals surface area contributed by atoms with Crippen molar-refractivity contribution in [3.63, 3.8) is 0 Å². The van der Waals surface area contributed by atoms with Crippen molar-refractivity contribution in [1.82, 2.24) is 19.4 Å². The van der Waals surface area contributed by atoms with Gasteiger partial charge in [-0.2, -0.15) is 8.42 Å². The molecule has 0 unspecified atom stereocenters. The smallest absolute Gasteiger partial charge is 0.269 e. The molecule has 2 aromatic carbocycles. The number of nitrogens with one attached hydrogen (secondary N) is 2. The number of aryl methyl sites for hydroxylation is 1. The molecule has 3 N–H and O–H groups in total. The number of ether oxygens (including phenoxy) is 1. The maximum Gasteiger partial charge on any atom is 0.269 e. The fraction of sp³-hybridized carbons (Fsp3) is 0.323. The van der Waals surface area contributed by atoms with Crippen LogP contribution in [0.15, 0.2) is 61.4 Å². The molecule has 0 atom stereocenters. The Bertz CT molecular complexity index is 1810. The van der Waals surface area contributed by atoms with Crippen LogP contribution in [0.5, 0.6) is 5.75 Å². The zero-order chi connectivity index (χ0) is 31.6. The van der Waals surface area contributed by atoms with Crippen LogP contribution in [-0.4, -0.2) is 78.6 Å². The lowest BCUT2D eigenvalue weighted by atomic mass is 10.0. The maximum absolute atomic E-state index is 12.4. The minimum Gasteiger partial charge on any atom is -0.494 e. The molecular formula is C31H37N7O5S. The highest BCUT2D eigenvalue weighted by atomic mass is 32.2. The molecule has 1 aliphatic rings. The van der Waals surface area contributed by atoms with Crippen molar-refractivity contribution in [2.24, 2.45) is 7.05 Å². The van der Waals surface area contributed by atoms with Gasteiger partial charge in [0.25, 0.3) is 10.1 Å². The maximum atomic E-state index is 12.4. The van der Waals surface area contributed by atoms with Crippen molar-refractivity contribution < 1.29 is 22.5 Å². The molecule has 1 amide bonds. The van der Waals surface area contributed by atoms with Gasteiger partial charge in [0.1, 0.15) is 11.5 Å². The molecule has 1 aliphatic heterocycles. The Kier molecular flexibility index (Phi) is 8.90. The zero-order valence-corrected chi connectivity index (χ0v) is 26.1. The van der Waals surface area contributed by atoms with Crippen LogP contribution < -0.4 is 20.3 Å². The molecule has 3 heterocycles. The van der Waals surface area contributed by atoms with Crippen molar-refractivity contribution in [2.75, 3.05) is 49.8 Å². The molecule has 0 bridgehead atoms. The first-order chi connectivity index (χ1) is 21.0. The number of nitrogens with zero attached hydrogens (tertiary/aromatic N) is 5. The van der Waals surface area contributed by atoms with E-state index in [9.17, 15) is 17.8 Å². The van der Waals surface area contributed by atoms with Crippen LogP contribution in [0, 0.1) is 0 Å². The molecule has 4 aromatic rings. The van der Waals surface area contributed by atoms with Gasteiger partial charge in [-0.3, -0.25) is 9.35 Å². The van der Waals surface area contributed by atoms with Gasteiger partial charge in [0.2, 0.25) is 11.9 Å². The van der Waals surface area contributed by atoms with Crippen LogP contribution in [0.25, 0.3) is 22.2 Å². The van der Waals surface area contributed by atoms with Gasteiger partial charge >= 0.3 is 0 Å². The van der Waals surface area contributed by atoms with Crippen molar-refractivity contribution in [3.05, 3.63) is 67.0 Å². The summed E-state index contributed by atoms with van der Waals surface area (Å²) in [6.07, 6.45) is 6.76. The molecule has 13 heteroatoms. The van der Waals surface area contributed by atoms with E-state index in [1.54, 1.807) is 31.5 Å². The third-order valence-corrected chi connectivity index (χ3v) is 8.58. The summed E-state index contributed by atoms with van der Waals surface area (Å²) in [6, 6.07) is 11.2. The van der Waals surface area contributed by atoms with Gasteiger partial charge in [-0.1, -0.05) is 12.6 Å². The summed E-state index contributed by atoms with van der Waals surface area (Å²) in [4.78, 5) is 26.1. The third-order valence-electron chi connectivity index (χ3n) is 7.88. The number of aromatic nitrogens is 3. The number of amides is 1. The average Bonchev–Trinajstić information content (AvgIpc) is 3.32. The number of carbonyl (C=O) groups excluding carboxylic acids is 1. The van der Waals surface area contributed by atoms with E-state index in [0.29, 0.717) is 40.4 Å². The molecule has 12 nitrogen and oxygen atoms in total. The first-order valence-electron chi connectivity index (χ1n) is 14.2. The van der Waals surface area contributed by atoms with Gasteiger partial charge in [0.05, 0.1) is 29.9 Å². The monoisotopic (exact) mass is 619 g/mol. The second kappa shape index (κ2) is 12.6. The Morgan fingerprint density at radius 1 is 1.18 bits per heavy atom. The zero-order valence-electron chi connectivity index (χ0n) is 25.2. The van der Waals surface area contributed by atoms with Gasteiger partial charge < -0.3 is 29.7 Å². The molecule has 5 rings (SSSR count). The molecule has 0 saturated carbocycles. The SMILES string of the molecule is C=CC(=O)Nc1cc(Nc2nccc(-c3cn(C)c4ccc(CS(=O)(=O)O)cc34)n2)c(OC)cc1N1CCC(N(C)C)CC1. The van der Waals surface area contributed by atoms with E-state index in [2.05, 4.69) is 46.1 Å². The number of rotatable bonds is 10. The summed E-state index contributed by atoms with van der Waals surface area (Å²) in [7, 11) is 3.48. The first kappa shape index (κ1) is 31.0. The van der Waals surface area contributed by atoms with Crippen molar-refractivity contribution >= 4 is 49.9 Å². The topological polar surface area (TPSA) is 142 Å². The normalized spacial score (nSPS) is 14.2. The van der Waals surface area contributed by atoms with E-state index >= 15 is 0 Å². The van der Waals surface area contributed by atoms with Gasteiger partial charge in [-0.25, -0.2) is 9.97 Å². The van der Waals surface area contributed by atoms with E-state index in [-0.39, 0.29) is 5.91 Å². The lowest BCUT2D eigenvalue weighted by molar-refractivity contribution is -0.111. The van der Waals surface area contributed by atoms with E-state index in [4.69, 9.17) is 9.72 Å².